The van der Waals surface area contributed by atoms with E-state index in [1.54, 1.807) is 6.33 Å². The molecule has 2 saturated heterocycles. The number of halogens is 1. The van der Waals surface area contributed by atoms with E-state index in [1.807, 2.05) is 0 Å². The molecule has 2 fully saturated rings. The number of likely N-dealkylation sites (tertiary alicyclic amines) is 1. The highest BCUT2D eigenvalue weighted by Crippen LogP contribution is 2.16. The number of hydrogen-bond acceptors (Lipinski definition) is 5. The normalized spacial score (nSPS) is 23.0. The molecule has 28 heavy (non-hydrogen) atoms. The number of rotatable bonds is 9. The van der Waals surface area contributed by atoms with E-state index < -0.39 is 0 Å². The van der Waals surface area contributed by atoms with Gasteiger partial charge in [0.25, 0.3) is 0 Å². The van der Waals surface area contributed by atoms with Crippen LogP contribution in [0.2, 0.25) is 0 Å². The van der Waals surface area contributed by atoms with Crippen LogP contribution in [0.3, 0.4) is 0 Å². The summed E-state index contributed by atoms with van der Waals surface area (Å²) in [5, 5.41) is 15.1. The van der Waals surface area contributed by atoms with Crippen LogP contribution >= 0.6 is 24.0 Å². The second-order valence-electron chi connectivity index (χ2n) is 7.35. The van der Waals surface area contributed by atoms with Gasteiger partial charge in [-0.1, -0.05) is 13.8 Å². The van der Waals surface area contributed by atoms with E-state index in [4.69, 9.17) is 9.73 Å². The first kappa shape index (κ1) is 23.3. The van der Waals surface area contributed by atoms with Crippen LogP contribution in [0, 0.1) is 0 Å². The van der Waals surface area contributed by atoms with Crippen molar-refractivity contribution >= 4 is 29.9 Å². The van der Waals surface area contributed by atoms with Crippen LogP contribution in [0.1, 0.15) is 45.4 Å². The summed E-state index contributed by atoms with van der Waals surface area (Å²) < 4.78 is 7.83. The molecule has 2 unspecified atom stereocenters. The first-order valence-corrected chi connectivity index (χ1v) is 10.5. The van der Waals surface area contributed by atoms with Crippen LogP contribution < -0.4 is 10.6 Å². The highest BCUT2D eigenvalue weighted by molar-refractivity contribution is 14.0. The van der Waals surface area contributed by atoms with Crippen molar-refractivity contribution in [3.05, 3.63) is 12.2 Å². The largest absolute Gasteiger partial charge is 0.376 e. The fourth-order valence-corrected chi connectivity index (χ4v) is 3.94. The van der Waals surface area contributed by atoms with E-state index in [0.717, 1.165) is 70.4 Å². The minimum absolute atomic E-state index is 0. The van der Waals surface area contributed by atoms with Gasteiger partial charge in [-0.05, 0) is 38.8 Å². The molecule has 0 spiro atoms. The zero-order valence-electron chi connectivity index (χ0n) is 17.3. The summed E-state index contributed by atoms with van der Waals surface area (Å²) in [6.07, 6.45) is 7.83. The molecular weight excluding hydrogens is 469 g/mol. The topological polar surface area (TPSA) is 79.6 Å². The molecular formula is C19H36IN7O. The molecule has 2 atom stereocenters. The molecule has 2 N–H and O–H groups in total. The second-order valence-corrected chi connectivity index (χ2v) is 7.35. The van der Waals surface area contributed by atoms with Gasteiger partial charge < -0.3 is 19.9 Å². The molecule has 3 rings (SSSR count). The summed E-state index contributed by atoms with van der Waals surface area (Å²) in [7, 11) is 0. The third-order valence-corrected chi connectivity index (χ3v) is 5.54. The second kappa shape index (κ2) is 12.6. The molecule has 1 aromatic heterocycles. The summed E-state index contributed by atoms with van der Waals surface area (Å²) >= 11 is 0. The van der Waals surface area contributed by atoms with Crippen molar-refractivity contribution in [2.24, 2.45) is 4.99 Å². The fraction of sp³-hybridized carbons (Fsp3) is 0.842. The predicted molar refractivity (Wildman–Crippen MR) is 122 cm³/mol. The first-order valence-electron chi connectivity index (χ1n) is 10.5. The Hall–Kier alpha value is -0.940. The average molecular weight is 505 g/mol. The molecule has 8 nitrogen and oxygen atoms in total. The van der Waals surface area contributed by atoms with Gasteiger partial charge in [0.1, 0.15) is 12.2 Å². The smallest absolute Gasteiger partial charge is 0.191 e. The quantitative estimate of drug-likeness (QED) is 0.302. The third-order valence-electron chi connectivity index (χ3n) is 5.54. The van der Waals surface area contributed by atoms with Crippen LogP contribution in [-0.2, 0) is 17.7 Å². The molecule has 0 saturated carbocycles. The summed E-state index contributed by atoms with van der Waals surface area (Å²) in [5.74, 6) is 1.91. The number of nitrogens with zero attached hydrogens (tertiary/aromatic N) is 5. The van der Waals surface area contributed by atoms with E-state index in [9.17, 15) is 0 Å². The van der Waals surface area contributed by atoms with Gasteiger partial charge in [-0.25, -0.2) is 0 Å². The number of aryl methyl sites for hydroxylation is 1. The zero-order chi connectivity index (χ0) is 18.9. The van der Waals surface area contributed by atoms with Gasteiger partial charge in [-0.3, -0.25) is 9.89 Å². The van der Waals surface area contributed by atoms with Crippen LogP contribution in [0.25, 0.3) is 0 Å². The van der Waals surface area contributed by atoms with Crippen molar-refractivity contribution in [1.29, 1.82) is 0 Å². The van der Waals surface area contributed by atoms with E-state index in [1.165, 1.54) is 19.4 Å². The molecule has 0 radical (unpaired) electrons. The van der Waals surface area contributed by atoms with Crippen molar-refractivity contribution in [2.45, 2.75) is 64.6 Å². The number of ether oxygens (including phenoxy) is 1. The Bertz CT molecular complexity index is 589. The Morgan fingerprint density at radius 2 is 2.18 bits per heavy atom. The Morgan fingerprint density at radius 1 is 1.29 bits per heavy atom. The molecule has 0 bridgehead atoms. The fourth-order valence-electron chi connectivity index (χ4n) is 3.94. The van der Waals surface area contributed by atoms with E-state index >= 15 is 0 Å². The third kappa shape index (κ3) is 6.84. The van der Waals surface area contributed by atoms with Crippen molar-refractivity contribution in [3.63, 3.8) is 0 Å². The van der Waals surface area contributed by atoms with Crippen molar-refractivity contribution < 1.29 is 4.74 Å². The van der Waals surface area contributed by atoms with Gasteiger partial charge in [0, 0.05) is 38.7 Å². The van der Waals surface area contributed by atoms with Gasteiger partial charge in [0.15, 0.2) is 5.96 Å². The number of nitrogens with one attached hydrogen (secondary N) is 2. The number of likely N-dealkylation sites (N-methyl/N-ethyl adjacent to an activating group) is 1. The number of aromatic nitrogens is 3. The van der Waals surface area contributed by atoms with Gasteiger partial charge in [-0.15, -0.1) is 34.2 Å². The summed E-state index contributed by atoms with van der Waals surface area (Å²) in [6, 6.07) is 0.570. The van der Waals surface area contributed by atoms with Gasteiger partial charge in [0.05, 0.1) is 12.6 Å². The van der Waals surface area contributed by atoms with Gasteiger partial charge in [-0.2, -0.15) is 0 Å². The molecule has 160 valence electrons. The van der Waals surface area contributed by atoms with Crippen molar-refractivity contribution in [1.82, 2.24) is 30.3 Å². The predicted octanol–water partition coefficient (Wildman–Crippen LogP) is 1.66. The average Bonchev–Trinajstić information content (AvgIpc) is 3.44. The monoisotopic (exact) mass is 505 g/mol. The number of guanidine groups is 1. The van der Waals surface area contributed by atoms with E-state index in [2.05, 4.69) is 44.1 Å². The Balaban J connectivity index is 0.00000280. The first-order chi connectivity index (χ1) is 13.3. The maximum absolute atomic E-state index is 5.74. The summed E-state index contributed by atoms with van der Waals surface area (Å²) in [4.78, 5) is 7.42. The van der Waals surface area contributed by atoms with Crippen LogP contribution in [0.5, 0.6) is 0 Å². The maximum Gasteiger partial charge on any atom is 0.191 e. The summed E-state index contributed by atoms with van der Waals surface area (Å²) in [5.41, 5.74) is 0. The Kier molecular flexibility index (Phi) is 10.5. The lowest BCUT2D eigenvalue weighted by Crippen LogP contribution is -2.43. The van der Waals surface area contributed by atoms with E-state index in [0.29, 0.717) is 12.1 Å². The highest BCUT2D eigenvalue weighted by Gasteiger charge is 2.22. The van der Waals surface area contributed by atoms with Crippen molar-refractivity contribution in [3.8, 4) is 0 Å². The SMILES string of the molecule is CCc1nncn1CCNC(=NCC1CCCN1CC)NCC1CCCO1.I. The lowest BCUT2D eigenvalue weighted by Gasteiger charge is -2.22. The lowest BCUT2D eigenvalue weighted by molar-refractivity contribution is 0.113. The standard InChI is InChI=1S/C19H35N7O.HI/c1-3-18-24-23-15-26(18)11-9-20-19(22-14-17-8-6-12-27-17)21-13-16-7-5-10-25(16)4-2;/h15-17H,3-14H2,1-2H3,(H2,20,21,22);1H. The van der Waals surface area contributed by atoms with Crippen LogP contribution in [0.15, 0.2) is 11.3 Å². The Morgan fingerprint density at radius 3 is 2.93 bits per heavy atom. The van der Waals surface area contributed by atoms with E-state index in [-0.39, 0.29) is 24.0 Å². The van der Waals surface area contributed by atoms with Gasteiger partial charge in [0.2, 0.25) is 0 Å². The van der Waals surface area contributed by atoms with Crippen LogP contribution in [0.4, 0.5) is 0 Å². The molecule has 0 aliphatic carbocycles. The molecule has 2 aliphatic heterocycles. The molecule has 9 heteroatoms. The molecule has 2 aliphatic rings. The minimum atomic E-state index is 0. The van der Waals surface area contributed by atoms with Gasteiger partial charge >= 0.3 is 0 Å². The van der Waals surface area contributed by atoms with Crippen LogP contribution in [-0.4, -0.2) is 77.1 Å². The van der Waals surface area contributed by atoms with Crippen molar-refractivity contribution in [2.75, 3.05) is 39.3 Å². The number of hydrogen-bond donors (Lipinski definition) is 2. The highest BCUT2D eigenvalue weighted by atomic mass is 127. The number of aliphatic imine (C=N–C) groups is 1. The molecule has 3 heterocycles. The minimum Gasteiger partial charge on any atom is -0.376 e. The molecule has 0 amide bonds. The zero-order valence-corrected chi connectivity index (χ0v) is 19.6. The molecule has 0 aromatic carbocycles. The molecule has 1 aromatic rings. The Labute approximate surface area is 185 Å². The maximum atomic E-state index is 5.74. The summed E-state index contributed by atoms with van der Waals surface area (Å²) in [6.45, 7) is 10.8. The lowest BCUT2D eigenvalue weighted by atomic mass is 10.2.